The largest absolute Gasteiger partial charge is 0.493 e. The molecule has 0 spiro atoms. The third kappa shape index (κ3) is 2.55. The summed E-state index contributed by atoms with van der Waals surface area (Å²) in [5, 5.41) is 6.62. The zero-order valence-electron chi connectivity index (χ0n) is 14.5. The molecule has 4 rings (SSSR count). The Morgan fingerprint density at radius 2 is 1.81 bits per heavy atom. The summed E-state index contributed by atoms with van der Waals surface area (Å²) in [4.78, 5) is 9.84. The molecule has 132 valence electrons. The molecule has 0 fully saturated rings. The summed E-state index contributed by atoms with van der Waals surface area (Å²) >= 11 is 1.58. The Bertz CT molecular complexity index is 1060. The molecule has 0 radical (unpaired) electrons. The molecule has 0 saturated carbocycles. The van der Waals surface area contributed by atoms with Crippen molar-refractivity contribution >= 4 is 17.1 Å². The summed E-state index contributed by atoms with van der Waals surface area (Å²) in [6.07, 6.45) is 1.70. The maximum atomic E-state index is 5.61. The highest BCUT2D eigenvalue weighted by Crippen LogP contribution is 2.44. The Balaban J connectivity index is 1.95. The van der Waals surface area contributed by atoms with E-state index in [1.165, 1.54) is 0 Å². The van der Waals surface area contributed by atoms with Crippen molar-refractivity contribution in [2.75, 3.05) is 21.3 Å². The predicted octanol–water partition coefficient (Wildman–Crippen LogP) is 3.55. The van der Waals surface area contributed by atoms with Gasteiger partial charge in [-0.25, -0.2) is 4.98 Å². The fraction of sp³-hybridized carbons (Fsp3) is 0.167. The third-order valence-corrected chi connectivity index (χ3v) is 4.83. The Kier molecular flexibility index (Phi) is 4.18. The SMILES string of the molecule is COc1ccc(-c2ccnc3nc(-c4cccs4)nn23)c(OC)c1OC. The summed E-state index contributed by atoms with van der Waals surface area (Å²) in [5.41, 5.74) is 1.60. The topological polar surface area (TPSA) is 70.8 Å². The quantitative estimate of drug-likeness (QED) is 0.537. The molecule has 0 amide bonds. The van der Waals surface area contributed by atoms with Crippen LogP contribution >= 0.6 is 11.3 Å². The first-order valence-electron chi connectivity index (χ1n) is 7.81. The Labute approximate surface area is 153 Å². The number of thiophene rings is 1. The standard InChI is InChI=1S/C18H16N4O3S/c1-23-13-7-6-11(15(24-2)16(13)25-3)12-8-9-19-18-20-17(21-22(12)18)14-5-4-10-26-14/h4-10H,1-3H3. The molecule has 0 aliphatic heterocycles. The van der Waals surface area contributed by atoms with E-state index in [1.54, 1.807) is 43.4 Å². The second kappa shape index (κ2) is 6.64. The number of benzene rings is 1. The van der Waals surface area contributed by atoms with Crippen LogP contribution in [0.5, 0.6) is 17.2 Å². The summed E-state index contributed by atoms with van der Waals surface area (Å²) < 4.78 is 18.2. The first-order chi connectivity index (χ1) is 12.8. The smallest absolute Gasteiger partial charge is 0.253 e. The lowest BCUT2D eigenvalue weighted by molar-refractivity contribution is 0.325. The molecule has 3 heterocycles. The van der Waals surface area contributed by atoms with Crippen LogP contribution in [0.3, 0.4) is 0 Å². The summed E-state index contributed by atoms with van der Waals surface area (Å²) in [5.74, 6) is 2.84. The molecule has 0 unspecified atom stereocenters. The minimum absolute atomic E-state index is 0.516. The Morgan fingerprint density at radius 1 is 0.962 bits per heavy atom. The average molecular weight is 368 g/mol. The maximum absolute atomic E-state index is 5.61. The third-order valence-electron chi connectivity index (χ3n) is 3.96. The molecule has 0 atom stereocenters. The van der Waals surface area contributed by atoms with Gasteiger partial charge in [0.15, 0.2) is 17.3 Å². The van der Waals surface area contributed by atoms with Crippen LogP contribution in [0.1, 0.15) is 0 Å². The maximum Gasteiger partial charge on any atom is 0.253 e. The number of fused-ring (bicyclic) bond motifs is 1. The van der Waals surface area contributed by atoms with Gasteiger partial charge < -0.3 is 14.2 Å². The molecule has 1 aromatic carbocycles. The lowest BCUT2D eigenvalue weighted by Crippen LogP contribution is -2.01. The lowest BCUT2D eigenvalue weighted by Gasteiger charge is -2.16. The van der Waals surface area contributed by atoms with E-state index >= 15 is 0 Å². The van der Waals surface area contributed by atoms with E-state index in [0.717, 1.165) is 16.1 Å². The van der Waals surface area contributed by atoms with Crippen LogP contribution in [0.25, 0.3) is 27.7 Å². The number of hydrogen-bond donors (Lipinski definition) is 0. The number of rotatable bonds is 5. The highest BCUT2D eigenvalue weighted by molar-refractivity contribution is 7.13. The average Bonchev–Trinajstić information content (AvgIpc) is 3.35. The van der Waals surface area contributed by atoms with Gasteiger partial charge in [-0.15, -0.1) is 16.4 Å². The molecular formula is C18H16N4O3S. The van der Waals surface area contributed by atoms with E-state index in [9.17, 15) is 0 Å². The van der Waals surface area contributed by atoms with Gasteiger partial charge in [0.1, 0.15) is 0 Å². The normalized spacial score (nSPS) is 10.9. The van der Waals surface area contributed by atoms with Crippen molar-refractivity contribution in [2.45, 2.75) is 0 Å². The Morgan fingerprint density at radius 3 is 2.50 bits per heavy atom. The van der Waals surface area contributed by atoms with Crippen LogP contribution in [0.15, 0.2) is 41.9 Å². The molecular weight excluding hydrogens is 352 g/mol. The number of aromatic nitrogens is 4. The zero-order valence-corrected chi connectivity index (χ0v) is 15.3. The molecule has 26 heavy (non-hydrogen) atoms. The Hall–Kier alpha value is -3.13. The fourth-order valence-electron chi connectivity index (χ4n) is 2.81. The molecule has 0 aliphatic carbocycles. The van der Waals surface area contributed by atoms with E-state index in [4.69, 9.17) is 14.2 Å². The van der Waals surface area contributed by atoms with Crippen LogP contribution < -0.4 is 14.2 Å². The molecule has 4 aromatic rings. The molecule has 0 bridgehead atoms. The van der Waals surface area contributed by atoms with Gasteiger partial charge in [0.05, 0.1) is 31.9 Å². The second-order valence-electron chi connectivity index (χ2n) is 5.34. The lowest BCUT2D eigenvalue weighted by atomic mass is 10.1. The number of hydrogen-bond acceptors (Lipinski definition) is 7. The monoisotopic (exact) mass is 368 g/mol. The van der Waals surface area contributed by atoms with Crippen LogP contribution in [-0.4, -0.2) is 40.9 Å². The van der Waals surface area contributed by atoms with Crippen molar-refractivity contribution in [3.8, 4) is 39.2 Å². The van der Waals surface area contributed by atoms with E-state index in [0.29, 0.717) is 28.9 Å². The fourth-order valence-corrected chi connectivity index (χ4v) is 3.46. The first-order valence-corrected chi connectivity index (χ1v) is 8.69. The second-order valence-corrected chi connectivity index (χ2v) is 6.28. The molecule has 8 heteroatoms. The number of methoxy groups -OCH3 is 3. The van der Waals surface area contributed by atoms with E-state index in [1.807, 2.05) is 35.7 Å². The number of nitrogens with zero attached hydrogens (tertiary/aromatic N) is 4. The van der Waals surface area contributed by atoms with Gasteiger partial charge in [-0.05, 0) is 29.6 Å². The van der Waals surface area contributed by atoms with Gasteiger partial charge in [-0.1, -0.05) is 6.07 Å². The van der Waals surface area contributed by atoms with Crippen molar-refractivity contribution in [1.82, 2.24) is 19.6 Å². The van der Waals surface area contributed by atoms with Crippen molar-refractivity contribution < 1.29 is 14.2 Å². The van der Waals surface area contributed by atoms with Gasteiger partial charge in [0.25, 0.3) is 5.78 Å². The van der Waals surface area contributed by atoms with Gasteiger partial charge in [0.2, 0.25) is 5.75 Å². The van der Waals surface area contributed by atoms with E-state index in [2.05, 4.69) is 15.1 Å². The molecule has 7 nitrogen and oxygen atoms in total. The van der Waals surface area contributed by atoms with Gasteiger partial charge in [-0.3, -0.25) is 0 Å². The van der Waals surface area contributed by atoms with Crippen molar-refractivity contribution in [2.24, 2.45) is 0 Å². The minimum Gasteiger partial charge on any atom is -0.493 e. The van der Waals surface area contributed by atoms with Crippen molar-refractivity contribution in [3.05, 3.63) is 41.9 Å². The molecule has 0 N–H and O–H groups in total. The predicted molar refractivity (Wildman–Crippen MR) is 99.2 cm³/mol. The highest BCUT2D eigenvalue weighted by atomic mass is 32.1. The van der Waals surface area contributed by atoms with Crippen molar-refractivity contribution in [1.29, 1.82) is 0 Å². The number of ether oxygens (including phenoxy) is 3. The zero-order chi connectivity index (χ0) is 18.1. The van der Waals surface area contributed by atoms with Gasteiger partial charge in [0, 0.05) is 11.8 Å². The summed E-state index contributed by atoms with van der Waals surface area (Å²) in [6.45, 7) is 0. The van der Waals surface area contributed by atoms with Crippen LogP contribution in [0, 0.1) is 0 Å². The first kappa shape index (κ1) is 16.3. The summed E-state index contributed by atoms with van der Waals surface area (Å²) in [7, 11) is 4.76. The van der Waals surface area contributed by atoms with Crippen LogP contribution in [-0.2, 0) is 0 Å². The van der Waals surface area contributed by atoms with Gasteiger partial charge in [-0.2, -0.15) is 9.50 Å². The molecule has 0 aliphatic rings. The van der Waals surface area contributed by atoms with Crippen LogP contribution in [0.4, 0.5) is 0 Å². The summed E-state index contributed by atoms with van der Waals surface area (Å²) in [6, 6.07) is 9.55. The van der Waals surface area contributed by atoms with E-state index < -0.39 is 0 Å². The van der Waals surface area contributed by atoms with Gasteiger partial charge >= 0.3 is 0 Å². The highest BCUT2D eigenvalue weighted by Gasteiger charge is 2.20. The van der Waals surface area contributed by atoms with Crippen molar-refractivity contribution in [3.63, 3.8) is 0 Å². The molecule has 0 saturated heterocycles. The molecule has 3 aromatic heterocycles. The minimum atomic E-state index is 0.516. The van der Waals surface area contributed by atoms with E-state index in [-0.39, 0.29) is 0 Å². The van der Waals surface area contributed by atoms with Crippen LogP contribution in [0.2, 0.25) is 0 Å².